The summed E-state index contributed by atoms with van der Waals surface area (Å²) in [4.78, 5) is 25.2. The van der Waals surface area contributed by atoms with E-state index in [1.165, 1.54) is 30.6 Å². The second-order valence-electron chi connectivity index (χ2n) is 9.67. The number of amides is 1. The second kappa shape index (κ2) is 12.0. The molecule has 1 aromatic heterocycles. The summed E-state index contributed by atoms with van der Waals surface area (Å²) in [5.41, 5.74) is 3.76. The van der Waals surface area contributed by atoms with Gasteiger partial charge in [-0.3, -0.25) is 9.35 Å². The van der Waals surface area contributed by atoms with Crippen molar-refractivity contribution in [2.75, 3.05) is 14.2 Å². The Morgan fingerprint density at radius 2 is 1.90 bits per heavy atom. The second-order valence-corrected chi connectivity index (χ2v) is 11.9. The van der Waals surface area contributed by atoms with Crippen molar-refractivity contribution in [2.24, 2.45) is 0 Å². The Morgan fingerprint density at radius 3 is 2.51 bits per heavy atom. The first-order valence-corrected chi connectivity index (χ1v) is 14.8. The van der Waals surface area contributed by atoms with Gasteiger partial charge < -0.3 is 14.5 Å². The third-order valence-corrected chi connectivity index (χ3v) is 9.03. The molecule has 1 atom stereocenters. The van der Waals surface area contributed by atoms with Gasteiger partial charge in [0.25, 0.3) is 5.91 Å². The van der Waals surface area contributed by atoms with E-state index in [1.807, 2.05) is 6.07 Å². The number of methoxy groups -OCH3 is 1. The molecule has 5 rings (SSSR count). The van der Waals surface area contributed by atoms with E-state index >= 15 is 0 Å². The average molecular weight is 664 g/mol. The summed E-state index contributed by atoms with van der Waals surface area (Å²) in [6.07, 6.45) is 1.90. The van der Waals surface area contributed by atoms with Gasteiger partial charge in [0.1, 0.15) is 17.2 Å². The lowest BCUT2D eigenvalue weighted by Crippen LogP contribution is -2.25. The number of rotatable bonds is 9. The predicted molar refractivity (Wildman–Crippen MR) is 157 cm³/mol. The zero-order valence-corrected chi connectivity index (χ0v) is 25.2. The molecule has 3 aromatic carbocycles. The van der Waals surface area contributed by atoms with E-state index in [2.05, 4.69) is 21.2 Å². The van der Waals surface area contributed by atoms with E-state index in [-0.39, 0.29) is 35.5 Å². The molecule has 0 spiro atoms. The lowest BCUT2D eigenvalue weighted by Gasteiger charge is -2.20. The number of ether oxygens (including phenoxy) is 1. The first-order valence-electron chi connectivity index (χ1n) is 12.6. The average Bonchev–Trinajstić information content (AvgIpc) is 3.74. The van der Waals surface area contributed by atoms with Crippen LogP contribution in [0.2, 0.25) is 5.02 Å². The quantitative estimate of drug-likeness (QED) is 0.150. The van der Waals surface area contributed by atoms with Crippen molar-refractivity contribution in [3.63, 3.8) is 0 Å². The maximum absolute atomic E-state index is 13.6. The number of carbonyl (C=O) groups excluding carboxylic acids is 2. The summed E-state index contributed by atoms with van der Waals surface area (Å²) in [5.74, 6) is -0.809. The number of hydrogen-bond acceptors (Lipinski definition) is 5. The third kappa shape index (κ3) is 6.09. The summed E-state index contributed by atoms with van der Waals surface area (Å²) in [6.45, 7) is 0.0821. The fraction of sp³-hybridized carbons (Fsp3) is 0.241. The van der Waals surface area contributed by atoms with Crippen molar-refractivity contribution >= 4 is 61.6 Å². The Labute approximate surface area is 251 Å². The van der Waals surface area contributed by atoms with Gasteiger partial charge in [-0.1, -0.05) is 11.6 Å². The van der Waals surface area contributed by atoms with E-state index < -0.39 is 23.1 Å². The molecule has 4 aromatic rings. The zero-order valence-electron chi connectivity index (χ0n) is 22.0. The van der Waals surface area contributed by atoms with Crippen LogP contribution in [0.4, 0.5) is 4.39 Å². The third-order valence-electron chi connectivity index (χ3n) is 6.95. The molecule has 1 amide bonds. The van der Waals surface area contributed by atoms with Gasteiger partial charge in [0.05, 0.1) is 27.7 Å². The van der Waals surface area contributed by atoms with Crippen LogP contribution < -0.4 is 5.32 Å². The Balaban J connectivity index is 1.57. The lowest BCUT2D eigenvalue weighted by molar-refractivity contribution is 0.0599. The highest BCUT2D eigenvalue weighted by molar-refractivity contribution is 9.10. The van der Waals surface area contributed by atoms with Gasteiger partial charge in [0.2, 0.25) is 11.3 Å². The molecule has 0 bridgehead atoms. The van der Waals surface area contributed by atoms with Crippen LogP contribution in [0.25, 0.3) is 22.3 Å². The number of hydrogen-bond donors (Lipinski definition) is 2. The largest absolute Gasteiger partial charge is 0.465 e. The molecule has 1 aliphatic carbocycles. The SMILES string of the molecule is CNC(=O)c1c(-c2ccc(F)cc2)oc2cc(CN(Cc3cc(Cl)c(Br)c(C(=O)OC)c3)S(=O)O)c(C3CC3)cc12. The van der Waals surface area contributed by atoms with Gasteiger partial charge in [0.15, 0.2) is 0 Å². The topological polar surface area (TPSA) is 109 Å². The Bertz CT molecular complexity index is 1690. The summed E-state index contributed by atoms with van der Waals surface area (Å²) in [5, 5.41) is 3.52. The van der Waals surface area contributed by atoms with E-state index in [1.54, 1.807) is 30.3 Å². The normalized spacial score (nSPS) is 13.9. The van der Waals surface area contributed by atoms with Gasteiger partial charge >= 0.3 is 5.97 Å². The van der Waals surface area contributed by atoms with Crippen molar-refractivity contribution in [3.8, 4) is 11.3 Å². The maximum atomic E-state index is 13.6. The maximum Gasteiger partial charge on any atom is 0.339 e. The van der Waals surface area contributed by atoms with Gasteiger partial charge in [-0.15, -0.1) is 0 Å². The summed E-state index contributed by atoms with van der Waals surface area (Å²) in [7, 11) is 2.78. The van der Waals surface area contributed by atoms with E-state index in [0.29, 0.717) is 37.9 Å². The van der Waals surface area contributed by atoms with Crippen LogP contribution in [0.1, 0.15) is 56.2 Å². The highest BCUT2D eigenvalue weighted by atomic mass is 79.9. The van der Waals surface area contributed by atoms with Crippen molar-refractivity contribution in [3.05, 3.63) is 91.7 Å². The van der Waals surface area contributed by atoms with Crippen molar-refractivity contribution in [1.82, 2.24) is 9.62 Å². The van der Waals surface area contributed by atoms with Crippen LogP contribution in [-0.2, 0) is 29.1 Å². The van der Waals surface area contributed by atoms with Gasteiger partial charge in [-0.05, 0) is 99.9 Å². The molecular weight excluding hydrogens is 639 g/mol. The van der Waals surface area contributed by atoms with Crippen LogP contribution in [0.3, 0.4) is 0 Å². The molecule has 214 valence electrons. The van der Waals surface area contributed by atoms with Gasteiger partial charge in [-0.25, -0.2) is 13.4 Å². The number of furan rings is 1. The number of fused-ring (bicyclic) bond motifs is 1. The van der Waals surface area contributed by atoms with E-state index in [0.717, 1.165) is 24.0 Å². The van der Waals surface area contributed by atoms with Crippen LogP contribution >= 0.6 is 27.5 Å². The molecule has 12 heteroatoms. The molecule has 0 saturated heterocycles. The summed E-state index contributed by atoms with van der Waals surface area (Å²) >= 11 is 7.23. The minimum atomic E-state index is -2.38. The molecule has 1 aliphatic rings. The number of halogens is 3. The number of carbonyl (C=O) groups is 2. The number of nitrogens with one attached hydrogen (secondary N) is 1. The summed E-state index contributed by atoms with van der Waals surface area (Å²) in [6, 6.07) is 12.6. The molecule has 1 saturated carbocycles. The minimum absolute atomic E-state index is 0.00469. The molecule has 41 heavy (non-hydrogen) atoms. The van der Waals surface area contributed by atoms with Crippen LogP contribution in [0.5, 0.6) is 0 Å². The number of benzene rings is 3. The zero-order chi connectivity index (χ0) is 29.4. The Hall–Kier alpha value is -3.09. The minimum Gasteiger partial charge on any atom is -0.465 e. The molecular formula is C29H25BrClFN2O6S. The monoisotopic (exact) mass is 662 g/mol. The van der Waals surface area contributed by atoms with Gasteiger partial charge in [0, 0.05) is 31.1 Å². The Kier molecular flexibility index (Phi) is 8.62. The van der Waals surface area contributed by atoms with E-state index in [9.17, 15) is 22.7 Å². The first kappa shape index (κ1) is 29.4. The molecule has 2 N–H and O–H groups in total. The molecule has 1 fully saturated rings. The summed E-state index contributed by atoms with van der Waals surface area (Å²) < 4.78 is 49.0. The van der Waals surface area contributed by atoms with Crippen molar-refractivity contribution in [2.45, 2.75) is 31.8 Å². The molecule has 0 radical (unpaired) electrons. The number of esters is 1. The molecule has 0 aliphatic heterocycles. The van der Waals surface area contributed by atoms with Crippen molar-refractivity contribution < 1.29 is 31.9 Å². The van der Waals surface area contributed by atoms with Gasteiger partial charge in [-0.2, -0.15) is 4.31 Å². The molecule has 8 nitrogen and oxygen atoms in total. The lowest BCUT2D eigenvalue weighted by atomic mass is 9.97. The van der Waals surface area contributed by atoms with Crippen LogP contribution in [0.15, 0.2) is 57.4 Å². The first-order chi connectivity index (χ1) is 19.6. The fourth-order valence-corrected chi connectivity index (χ4v) is 5.96. The highest BCUT2D eigenvalue weighted by Gasteiger charge is 2.31. The number of nitrogens with zero attached hydrogens (tertiary/aromatic N) is 1. The molecule has 1 unspecified atom stereocenters. The van der Waals surface area contributed by atoms with E-state index in [4.69, 9.17) is 20.8 Å². The van der Waals surface area contributed by atoms with Crippen LogP contribution in [-0.4, -0.2) is 39.1 Å². The fourth-order valence-electron chi connectivity index (χ4n) is 4.82. The van der Waals surface area contributed by atoms with Crippen LogP contribution in [0, 0.1) is 5.82 Å². The highest BCUT2D eigenvalue weighted by Crippen LogP contribution is 2.45. The van der Waals surface area contributed by atoms with Crippen molar-refractivity contribution in [1.29, 1.82) is 0 Å². The Morgan fingerprint density at radius 1 is 1.20 bits per heavy atom. The standard InChI is InChI=1S/C29H25BrClFN2O6S/c1-33-28(35)25-21-12-20(16-3-4-16)18(11-24(21)40-27(25)17-5-7-19(32)8-6-17)14-34(41(37)38)13-15-9-22(29(36)39-2)26(30)23(31)10-15/h5-12,16H,3-4,13-14H2,1-2H3,(H,33,35)(H,37,38). The molecule has 1 heterocycles. The smallest absolute Gasteiger partial charge is 0.339 e. The predicted octanol–water partition coefficient (Wildman–Crippen LogP) is 6.82.